The Morgan fingerprint density at radius 3 is 2.33 bits per heavy atom. The molecule has 127 valence electrons. The van der Waals surface area contributed by atoms with Gasteiger partial charge in [-0.05, 0) is 30.2 Å². The minimum atomic E-state index is 0. The molecule has 24 heavy (non-hydrogen) atoms. The number of benzene rings is 2. The summed E-state index contributed by atoms with van der Waals surface area (Å²) in [5.41, 5.74) is 5.02. The predicted molar refractivity (Wildman–Crippen MR) is 94.7 cm³/mol. The van der Waals surface area contributed by atoms with Crippen LogP contribution in [0.1, 0.15) is 30.5 Å². The first-order chi connectivity index (χ1) is 11.1. The molecule has 2 aromatic carbocycles. The van der Waals surface area contributed by atoms with Crippen molar-refractivity contribution < 1.29 is 30.0 Å². The summed E-state index contributed by atoms with van der Waals surface area (Å²) in [7, 11) is 0. The van der Waals surface area contributed by atoms with Gasteiger partial charge in [-0.3, -0.25) is 4.79 Å². The smallest absolute Gasteiger partial charge is 0.316 e. The Morgan fingerprint density at radius 1 is 1.12 bits per heavy atom. The topological polar surface area (TPSA) is 54.0 Å². The fraction of sp³-hybridized carbons (Fsp3) is 0.200. The molecule has 0 bridgehead atoms. The number of fused-ring (bicyclic) bond motifs is 1. The van der Waals surface area contributed by atoms with Crippen molar-refractivity contribution in [1.82, 2.24) is 0 Å². The number of hydrogen-bond acceptors (Lipinski definition) is 2. The van der Waals surface area contributed by atoms with Crippen molar-refractivity contribution in [2.45, 2.75) is 26.8 Å². The first-order valence-corrected chi connectivity index (χ1v) is 7.53. The van der Waals surface area contributed by atoms with Gasteiger partial charge in [0.2, 0.25) is 0 Å². The zero-order chi connectivity index (χ0) is 16.7. The fourth-order valence-electron chi connectivity index (χ4n) is 2.36. The minimum absolute atomic E-state index is 0. The Bertz CT molecular complexity index is 732. The van der Waals surface area contributed by atoms with Gasteiger partial charge in [0, 0.05) is 20.1 Å². The van der Waals surface area contributed by atoms with Crippen molar-refractivity contribution in [1.29, 1.82) is 0 Å². The van der Waals surface area contributed by atoms with Crippen molar-refractivity contribution in [2.24, 2.45) is 4.99 Å². The number of carbonyl (C=O) groups excluding carboxylic acids is 1. The Morgan fingerprint density at radius 2 is 1.79 bits per heavy atom. The van der Waals surface area contributed by atoms with E-state index in [1.807, 2.05) is 18.2 Å². The number of aliphatic imine (C=N–C) groups is 1. The molecule has 4 heteroatoms. The molecular formula is C20H21IrNO2. The van der Waals surface area contributed by atoms with Crippen LogP contribution in [0.25, 0.3) is 0 Å². The van der Waals surface area contributed by atoms with Gasteiger partial charge < -0.3 is 10.1 Å². The number of ketones is 1. The molecule has 3 rings (SSSR count). The summed E-state index contributed by atoms with van der Waals surface area (Å²) in [5.74, 6) is 0.250. The third kappa shape index (κ3) is 6.23. The summed E-state index contributed by atoms with van der Waals surface area (Å²) >= 11 is 0. The maximum absolute atomic E-state index is 8.40. The summed E-state index contributed by atoms with van der Waals surface area (Å²) in [5, 5.41) is 8.40. The van der Waals surface area contributed by atoms with E-state index in [9.17, 15) is 0 Å². The largest absolute Gasteiger partial charge is 0.512 e. The van der Waals surface area contributed by atoms with Crippen LogP contribution in [0.3, 0.4) is 0 Å². The number of aliphatic hydroxyl groups excluding tert-OH is 1. The zero-order valence-corrected chi connectivity index (χ0v) is 16.2. The van der Waals surface area contributed by atoms with Gasteiger partial charge >= 0.3 is 5.78 Å². The van der Waals surface area contributed by atoms with E-state index in [-0.39, 0.29) is 31.6 Å². The summed E-state index contributed by atoms with van der Waals surface area (Å²) < 4.78 is 0. The SMILES string of the molecule is CC(=[OH+])/C=C(/C)O.[Ir].[c-]1ccccc1C1=NCc2ccccc2C1. The Kier molecular flexibility index (Phi) is 8.31. The number of aliphatic hydroxyl groups is 1. The van der Waals surface area contributed by atoms with Crippen LogP contribution >= 0.6 is 0 Å². The van der Waals surface area contributed by atoms with E-state index < -0.39 is 0 Å². The van der Waals surface area contributed by atoms with Crippen LogP contribution in [0.15, 0.2) is 65.4 Å². The molecule has 0 atom stereocenters. The number of hydrogen-bond donors (Lipinski definition) is 1. The standard InChI is InChI=1S/C15H12N.C5H8O2.Ir/c1-2-6-12(7-3-1)15-10-13-8-4-5-9-14(13)11-16-15;1-4(6)3-5(2)7;/h1-6,8-9H,10-11H2;3,6H,1-2H3;/q-1;;/p+1/b;4-3-;. The van der Waals surface area contributed by atoms with Gasteiger partial charge in [0.25, 0.3) is 0 Å². The number of rotatable bonds is 2. The molecule has 0 aromatic heterocycles. The van der Waals surface area contributed by atoms with E-state index in [2.05, 4.69) is 41.4 Å². The molecular weight excluding hydrogens is 478 g/mol. The van der Waals surface area contributed by atoms with Crippen LogP contribution in [0.4, 0.5) is 0 Å². The van der Waals surface area contributed by atoms with E-state index in [1.165, 1.54) is 31.1 Å². The van der Waals surface area contributed by atoms with Crippen LogP contribution in [0.5, 0.6) is 0 Å². The van der Waals surface area contributed by atoms with E-state index in [0.29, 0.717) is 0 Å². The van der Waals surface area contributed by atoms with Crippen LogP contribution in [0.2, 0.25) is 0 Å². The second-order valence-corrected chi connectivity index (χ2v) is 5.41. The maximum Gasteiger partial charge on any atom is 0.316 e. The van der Waals surface area contributed by atoms with Crippen LogP contribution in [0, 0.1) is 6.07 Å². The maximum atomic E-state index is 8.40. The van der Waals surface area contributed by atoms with E-state index in [1.54, 1.807) is 0 Å². The van der Waals surface area contributed by atoms with Gasteiger partial charge in [-0.15, -0.1) is 35.9 Å². The molecule has 0 spiro atoms. The first-order valence-electron chi connectivity index (χ1n) is 7.53. The second kappa shape index (κ2) is 9.96. The van der Waals surface area contributed by atoms with Crippen molar-refractivity contribution in [3.63, 3.8) is 0 Å². The van der Waals surface area contributed by atoms with E-state index >= 15 is 0 Å². The van der Waals surface area contributed by atoms with Gasteiger partial charge in [-0.1, -0.05) is 24.3 Å². The number of nitrogens with zero attached hydrogens (tertiary/aromatic N) is 1. The second-order valence-electron chi connectivity index (χ2n) is 5.41. The molecule has 0 unspecified atom stereocenters. The predicted octanol–water partition coefficient (Wildman–Crippen LogP) is 4.04. The molecule has 2 aromatic rings. The van der Waals surface area contributed by atoms with Gasteiger partial charge in [0.05, 0.1) is 25.3 Å². The van der Waals surface area contributed by atoms with Crippen LogP contribution in [-0.4, -0.2) is 21.4 Å². The zero-order valence-electron chi connectivity index (χ0n) is 13.8. The molecule has 1 radical (unpaired) electrons. The summed E-state index contributed by atoms with van der Waals surface area (Å²) in [6, 6.07) is 19.8. The molecule has 0 aliphatic carbocycles. The molecule has 0 fully saturated rings. The molecule has 0 saturated heterocycles. The van der Waals surface area contributed by atoms with Gasteiger partial charge in [0.15, 0.2) is 0 Å². The van der Waals surface area contributed by atoms with Gasteiger partial charge in [-0.2, -0.15) is 0 Å². The van der Waals surface area contributed by atoms with Crippen LogP contribution < -0.4 is 0 Å². The Labute approximate surface area is 156 Å². The first kappa shape index (κ1) is 20.0. The molecule has 3 nitrogen and oxygen atoms in total. The van der Waals surface area contributed by atoms with Crippen LogP contribution in [-0.2, 0) is 33.1 Å². The Balaban J connectivity index is 0.000000312. The molecule has 1 aliphatic rings. The third-order valence-electron chi connectivity index (χ3n) is 3.35. The fourth-order valence-corrected chi connectivity index (χ4v) is 2.36. The van der Waals surface area contributed by atoms with Crippen molar-refractivity contribution in [2.75, 3.05) is 0 Å². The summed E-state index contributed by atoms with van der Waals surface area (Å²) in [6.07, 6.45) is 2.21. The monoisotopic (exact) mass is 500 g/mol. The van der Waals surface area contributed by atoms with Gasteiger partial charge in [-0.25, -0.2) is 0 Å². The molecule has 0 amide bonds. The van der Waals surface area contributed by atoms with Crippen molar-refractivity contribution in [3.8, 4) is 0 Å². The van der Waals surface area contributed by atoms with E-state index in [4.69, 9.17) is 9.90 Å². The average Bonchev–Trinajstić information content (AvgIpc) is 2.54. The molecule has 1 heterocycles. The summed E-state index contributed by atoms with van der Waals surface area (Å²) in [6.45, 7) is 3.80. The number of allylic oxidation sites excluding steroid dienone is 2. The third-order valence-corrected chi connectivity index (χ3v) is 3.35. The quantitative estimate of drug-likeness (QED) is 0.288. The average molecular weight is 500 g/mol. The molecule has 1 aliphatic heterocycles. The molecule has 2 N–H and O–H groups in total. The Hall–Kier alpha value is -2.03. The van der Waals surface area contributed by atoms with Crippen molar-refractivity contribution in [3.05, 3.63) is 83.1 Å². The summed E-state index contributed by atoms with van der Waals surface area (Å²) in [4.78, 5) is 13.0. The minimum Gasteiger partial charge on any atom is -0.512 e. The molecule has 0 saturated carbocycles. The van der Waals surface area contributed by atoms with Crippen molar-refractivity contribution >= 4 is 11.5 Å². The van der Waals surface area contributed by atoms with Gasteiger partial charge in [0.1, 0.15) is 0 Å². The van der Waals surface area contributed by atoms with E-state index in [0.717, 1.165) is 24.2 Å². The normalized spacial score (nSPS) is 12.8.